The molecular formula is C54H40N2O2. The molecule has 1 aliphatic carbocycles. The normalized spacial score (nSPS) is 14.1. The fourth-order valence-corrected chi connectivity index (χ4v) is 8.31. The number of hydrogen-bond donors (Lipinski definition) is 0. The molecule has 0 saturated heterocycles. The Kier molecular flexibility index (Phi) is 8.92. The quantitative estimate of drug-likeness (QED) is 0.130. The van der Waals surface area contributed by atoms with E-state index in [9.17, 15) is 0 Å². The van der Waals surface area contributed by atoms with E-state index in [2.05, 4.69) is 175 Å². The second-order valence-corrected chi connectivity index (χ2v) is 14.6. The first kappa shape index (κ1) is 34.9. The topological polar surface area (TPSA) is 32.8 Å². The highest BCUT2D eigenvalue weighted by Crippen LogP contribution is 2.44. The van der Waals surface area contributed by atoms with Gasteiger partial charge in [0.25, 0.3) is 0 Å². The number of benzene rings is 7. The summed E-state index contributed by atoms with van der Waals surface area (Å²) < 4.78 is 13.0. The lowest BCUT2D eigenvalue weighted by molar-refractivity contribution is 0.668. The second-order valence-electron chi connectivity index (χ2n) is 14.6. The molecule has 4 heteroatoms. The van der Waals surface area contributed by atoms with E-state index < -0.39 is 0 Å². The minimum absolute atomic E-state index is 0.233. The number of para-hydroxylation sites is 5. The monoisotopic (exact) mass is 748 g/mol. The Bertz CT molecular complexity index is 3070. The third-order valence-electron chi connectivity index (χ3n) is 11.1. The molecule has 0 aliphatic heterocycles. The van der Waals surface area contributed by atoms with Gasteiger partial charge in [-0.05, 0) is 89.9 Å². The number of nitrogens with zero attached hydrogens (tertiary/aromatic N) is 2. The fourth-order valence-electron chi connectivity index (χ4n) is 8.31. The first-order chi connectivity index (χ1) is 28.6. The minimum Gasteiger partial charge on any atom is -0.454 e. The number of hydrogen-bond acceptors (Lipinski definition) is 4. The zero-order chi connectivity index (χ0) is 39.0. The smallest absolute Gasteiger partial charge is 0.159 e. The van der Waals surface area contributed by atoms with Gasteiger partial charge in [0.1, 0.15) is 11.2 Å². The van der Waals surface area contributed by atoms with Gasteiger partial charge < -0.3 is 18.6 Å². The summed E-state index contributed by atoms with van der Waals surface area (Å²) in [6.45, 7) is 8.34. The van der Waals surface area contributed by atoms with Gasteiger partial charge in [0.05, 0.1) is 11.4 Å². The van der Waals surface area contributed by atoms with Crippen molar-refractivity contribution in [2.45, 2.75) is 12.3 Å². The molecule has 1 atom stereocenters. The minimum atomic E-state index is 0.233. The molecule has 4 nitrogen and oxygen atoms in total. The van der Waals surface area contributed by atoms with E-state index in [0.717, 1.165) is 84.4 Å². The molecule has 2 aromatic heterocycles. The van der Waals surface area contributed by atoms with E-state index >= 15 is 0 Å². The van der Waals surface area contributed by atoms with Crippen molar-refractivity contribution >= 4 is 77.9 Å². The lowest BCUT2D eigenvalue weighted by Crippen LogP contribution is -2.14. The van der Waals surface area contributed by atoms with Crippen LogP contribution in [0.15, 0.2) is 228 Å². The average Bonchev–Trinajstić information content (AvgIpc) is 3.87. The van der Waals surface area contributed by atoms with Gasteiger partial charge in [0.15, 0.2) is 11.2 Å². The standard InChI is InChI=1S/C54H40N2O2/c1-3-4-15-37(2)55(49-24-13-22-47-45-20-8-10-26-51(45)57-53(47)49)43-32-28-38(29-33-43)40-16-12-17-41(36-40)39-30-34-44(35-31-39)56(42-18-6-5-7-19-42)50-25-14-23-48-46-21-9-11-27-52(46)58-54(48)50/h3-15,17-36,40H,1-2,16H2/b15-4-. The Morgan fingerprint density at radius 3 is 1.81 bits per heavy atom. The van der Waals surface area contributed by atoms with Crippen molar-refractivity contribution in [3.8, 4) is 0 Å². The summed E-state index contributed by atoms with van der Waals surface area (Å²) >= 11 is 0. The van der Waals surface area contributed by atoms with Gasteiger partial charge in [-0.2, -0.15) is 0 Å². The van der Waals surface area contributed by atoms with Crippen molar-refractivity contribution < 1.29 is 8.83 Å². The van der Waals surface area contributed by atoms with Crippen LogP contribution in [0.3, 0.4) is 0 Å². The van der Waals surface area contributed by atoms with Gasteiger partial charge in [-0.1, -0.05) is 147 Å². The molecule has 1 unspecified atom stereocenters. The SMILES string of the molecule is C=C/C=C\C(=C)N(c1ccc(C2C=C(c3ccc(N(c4ccccc4)c4cccc5c4oc4ccccc45)cc3)C=CC2)cc1)c1cccc2c1oc1ccccc12. The van der Waals surface area contributed by atoms with Gasteiger partial charge in [-0.15, -0.1) is 0 Å². The second kappa shape index (κ2) is 14.8. The number of fused-ring (bicyclic) bond motifs is 6. The summed E-state index contributed by atoms with van der Waals surface area (Å²) in [6.07, 6.45) is 13.5. The molecule has 2 heterocycles. The van der Waals surface area contributed by atoms with Crippen LogP contribution in [0.25, 0.3) is 49.5 Å². The van der Waals surface area contributed by atoms with E-state index in [1.165, 1.54) is 16.7 Å². The van der Waals surface area contributed by atoms with Crippen molar-refractivity contribution in [2.24, 2.45) is 0 Å². The van der Waals surface area contributed by atoms with Crippen LogP contribution in [-0.4, -0.2) is 0 Å². The van der Waals surface area contributed by atoms with E-state index in [-0.39, 0.29) is 5.92 Å². The zero-order valence-corrected chi connectivity index (χ0v) is 32.0. The van der Waals surface area contributed by atoms with Gasteiger partial charge in [-0.25, -0.2) is 0 Å². The third-order valence-corrected chi connectivity index (χ3v) is 11.1. The van der Waals surface area contributed by atoms with Crippen molar-refractivity contribution in [1.82, 2.24) is 0 Å². The fraction of sp³-hybridized carbons (Fsp3) is 0.0370. The molecule has 278 valence electrons. The van der Waals surface area contributed by atoms with Crippen molar-refractivity contribution in [1.29, 1.82) is 0 Å². The Morgan fingerprint density at radius 2 is 1.14 bits per heavy atom. The maximum absolute atomic E-state index is 6.50. The van der Waals surface area contributed by atoms with Crippen LogP contribution in [0.5, 0.6) is 0 Å². The highest BCUT2D eigenvalue weighted by atomic mass is 16.3. The Morgan fingerprint density at radius 1 is 0.569 bits per heavy atom. The van der Waals surface area contributed by atoms with Gasteiger partial charge in [0, 0.05) is 50.2 Å². The van der Waals surface area contributed by atoms with Crippen LogP contribution in [0.1, 0.15) is 23.5 Å². The van der Waals surface area contributed by atoms with Gasteiger partial charge in [-0.3, -0.25) is 0 Å². The summed E-state index contributed by atoms with van der Waals surface area (Å²) in [6, 6.07) is 57.3. The number of allylic oxidation sites excluding steroid dienone is 7. The summed E-state index contributed by atoms with van der Waals surface area (Å²) in [5.74, 6) is 0.233. The van der Waals surface area contributed by atoms with Crippen LogP contribution in [0, 0.1) is 0 Å². The highest BCUT2D eigenvalue weighted by molar-refractivity contribution is 6.11. The Labute approximate surface area is 337 Å². The maximum Gasteiger partial charge on any atom is 0.159 e. The molecule has 0 fully saturated rings. The summed E-state index contributed by atoms with van der Waals surface area (Å²) in [5.41, 5.74) is 13.0. The van der Waals surface area contributed by atoms with E-state index in [4.69, 9.17) is 8.83 Å². The van der Waals surface area contributed by atoms with E-state index in [1.807, 2.05) is 42.5 Å². The van der Waals surface area contributed by atoms with Gasteiger partial charge in [0.2, 0.25) is 0 Å². The van der Waals surface area contributed by atoms with Crippen LogP contribution >= 0.6 is 0 Å². The van der Waals surface area contributed by atoms with E-state index in [0.29, 0.717) is 0 Å². The number of rotatable bonds is 10. The molecule has 0 N–H and O–H groups in total. The highest BCUT2D eigenvalue weighted by Gasteiger charge is 2.22. The molecule has 10 rings (SSSR count). The van der Waals surface area contributed by atoms with Crippen molar-refractivity contribution in [3.63, 3.8) is 0 Å². The summed E-state index contributed by atoms with van der Waals surface area (Å²) in [7, 11) is 0. The molecule has 0 radical (unpaired) electrons. The number of furan rings is 2. The molecule has 58 heavy (non-hydrogen) atoms. The first-order valence-electron chi connectivity index (χ1n) is 19.7. The van der Waals surface area contributed by atoms with Crippen LogP contribution < -0.4 is 9.80 Å². The molecule has 0 saturated carbocycles. The predicted molar refractivity (Wildman–Crippen MR) is 244 cm³/mol. The predicted octanol–water partition coefficient (Wildman–Crippen LogP) is 15.5. The van der Waals surface area contributed by atoms with Crippen molar-refractivity contribution in [2.75, 3.05) is 9.80 Å². The Hall–Kier alpha value is -7.56. The largest absolute Gasteiger partial charge is 0.454 e. The lowest BCUT2D eigenvalue weighted by Gasteiger charge is -2.26. The first-order valence-corrected chi connectivity index (χ1v) is 19.7. The van der Waals surface area contributed by atoms with Crippen molar-refractivity contribution in [3.05, 3.63) is 230 Å². The molecular weight excluding hydrogens is 709 g/mol. The molecule has 1 aliphatic rings. The Balaban J connectivity index is 0.962. The summed E-state index contributed by atoms with van der Waals surface area (Å²) in [5, 5.41) is 4.39. The van der Waals surface area contributed by atoms with Crippen LogP contribution in [0.2, 0.25) is 0 Å². The number of anilines is 5. The zero-order valence-electron chi connectivity index (χ0n) is 32.0. The third kappa shape index (κ3) is 6.22. The molecule has 0 bridgehead atoms. The van der Waals surface area contributed by atoms with E-state index in [1.54, 1.807) is 6.08 Å². The molecule has 9 aromatic rings. The molecule has 0 amide bonds. The average molecular weight is 749 g/mol. The van der Waals surface area contributed by atoms with Gasteiger partial charge >= 0.3 is 0 Å². The maximum atomic E-state index is 6.50. The summed E-state index contributed by atoms with van der Waals surface area (Å²) in [4.78, 5) is 4.44. The molecule has 7 aromatic carbocycles. The van der Waals surface area contributed by atoms with Crippen LogP contribution in [-0.2, 0) is 0 Å². The molecule has 0 spiro atoms. The lowest BCUT2D eigenvalue weighted by atomic mass is 9.87. The van der Waals surface area contributed by atoms with Crippen LogP contribution in [0.4, 0.5) is 28.4 Å².